The minimum Gasteiger partial charge on any atom is -0.479 e. The first-order valence-electron chi connectivity index (χ1n) is 6.11. The molecule has 9 nitrogen and oxygen atoms in total. The lowest BCUT2D eigenvalue weighted by Gasteiger charge is -2.28. The van der Waals surface area contributed by atoms with Crippen LogP contribution in [0.5, 0.6) is 0 Å². The topological polar surface area (TPSA) is 173 Å². The molecular formula is C11H22N2O7. The van der Waals surface area contributed by atoms with Gasteiger partial charge in [-0.3, -0.25) is 4.79 Å². The van der Waals surface area contributed by atoms with Crippen LogP contribution >= 0.6 is 0 Å². The molecule has 0 bridgehead atoms. The van der Waals surface area contributed by atoms with Gasteiger partial charge in [0.2, 0.25) is 5.91 Å². The Kier molecular flexibility index (Phi) is 8.26. The van der Waals surface area contributed by atoms with Crippen molar-refractivity contribution in [2.75, 3.05) is 6.54 Å². The molecule has 0 aliphatic rings. The average Bonchev–Trinajstić information content (AvgIpc) is 2.35. The maximum Gasteiger partial charge on any atom is 0.332 e. The number of hydrogen-bond donors (Lipinski definition) is 7. The van der Waals surface area contributed by atoms with E-state index in [1.807, 2.05) is 0 Å². The molecule has 0 aliphatic carbocycles. The summed E-state index contributed by atoms with van der Waals surface area (Å²) in [5.74, 6) is -2.01. The van der Waals surface area contributed by atoms with Crippen LogP contribution in [0.3, 0.4) is 0 Å². The molecule has 0 saturated heterocycles. The number of aliphatic carboxylic acids is 1. The highest BCUT2D eigenvalue weighted by atomic mass is 16.4. The van der Waals surface area contributed by atoms with Gasteiger partial charge in [-0.25, -0.2) is 4.79 Å². The van der Waals surface area contributed by atoms with Crippen molar-refractivity contribution in [3.8, 4) is 0 Å². The molecule has 0 heterocycles. The third kappa shape index (κ3) is 6.78. The second-order valence-electron chi connectivity index (χ2n) is 4.57. The lowest BCUT2D eigenvalue weighted by atomic mass is 9.96. The van der Waals surface area contributed by atoms with Gasteiger partial charge in [0.05, 0.1) is 24.4 Å². The van der Waals surface area contributed by atoms with Crippen LogP contribution in [-0.2, 0) is 9.59 Å². The van der Waals surface area contributed by atoms with Gasteiger partial charge in [-0.15, -0.1) is 0 Å². The number of nitrogens with one attached hydrogen (secondary N) is 1. The minimum atomic E-state index is -1.79. The van der Waals surface area contributed by atoms with E-state index in [1.165, 1.54) is 6.92 Å². The fourth-order valence-corrected chi connectivity index (χ4v) is 1.64. The SMILES string of the molecule is CC(=O)NC(C[C@H](O)[C@H](O)CN)C(O)CC(O)C(=O)O. The number of carbonyl (C=O) groups is 2. The summed E-state index contributed by atoms with van der Waals surface area (Å²) < 4.78 is 0. The molecule has 3 unspecified atom stereocenters. The van der Waals surface area contributed by atoms with Crippen molar-refractivity contribution in [2.45, 2.75) is 50.2 Å². The molecule has 0 fully saturated rings. The van der Waals surface area contributed by atoms with Crippen LogP contribution in [0.1, 0.15) is 19.8 Å². The van der Waals surface area contributed by atoms with E-state index >= 15 is 0 Å². The normalized spacial score (nSPS) is 18.7. The number of carboxylic acid groups (broad SMARTS) is 1. The molecule has 0 rings (SSSR count). The van der Waals surface area contributed by atoms with E-state index in [2.05, 4.69) is 5.32 Å². The quantitative estimate of drug-likeness (QED) is 0.232. The van der Waals surface area contributed by atoms with Gasteiger partial charge in [0, 0.05) is 19.9 Å². The average molecular weight is 294 g/mol. The highest BCUT2D eigenvalue weighted by Gasteiger charge is 2.29. The summed E-state index contributed by atoms with van der Waals surface area (Å²) in [5, 5.41) is 48.8. The standard InChI is InChI=1S/C11H22N2O7/c1-5(14)13-6(2-8(16)10(18)4-12)7(15)3-9(17)11(19)20/h6-10,15-18H,2-4,12H2,1H3,(H,13,14)(H,19,20)/t6?,7?,8-,9?,10+/m0/s1. The van der Waals surface area contributed by atoms with Crippen LogP contribution in [0.4, 0.5) is 0 Å². The summed E-state index contributed by atoms with van der Waals surface area (Å²) in [5.41, 5.74) is 5.17. The summed E-state index contributed by atoms with van der Waals surface area (Å²) in [6.07, 6.45) is -6.48. The molecule has 20 heavy (non-hydrogen) atoms. The number of hydrogen-bond acceptors (Lipinski definition) is 7. The smallest absolute Gasteiger partial charge is 0.332 e. The van der Waals surface area contributed by atoms with Crippen LogP contribution in [-0.4, -0.2) is 74.4 Å². The Morgan fingerprint density at radius 1 is 1.05 bits per heavy atom. The minimum absolute atomic E-state index is 0.207. The summed E-state index contributed by atoms with van der Waals surface area (Å²) in [4.78, 5) is 21.5. The Hall–Kier alpha value is -1.26. The lowest BCUT2D eigenvalue weighted by Crippen LogP contribution is -2.48. The van der Waals surface area contributed by atoms with E-state index < -0.39 is 48.8 Å². The molecule has 0 radical (unpaired) electrons. The number of carbonyl (C=O) groups excluding carboxylic acids is 1. The van der Waals surface area contributed by atoms with Crippen molar-refractivity contribution >= 4 is 11.9 Å². The molecule has 9 heteroatoms. The zero-order valence-corrected chi connectivity index (χ0v) is 11.1. The van der Waals surface area contributed by atoms with Crippen LogP contribution in [0.25, 0.3) is 0 Å². The van der Waals surface area contributed by atoms with Gasteiger partial charge < -0.3 is 36.6 Å². The van der Waals surface area contributed by atoms with Crippen molar-refractivity contribution in [3.05, 3.63) is 0 Å². The summed E-state index contributed by atoms with van der Waals surface area (Å²) in [6, 6.07) is -1.02. The van der Waals surface area contributed by atoms with Gasteiger partial charge >= 0.3 is 5.97 Å². The number of rotatable bonds is 9. The van der Waals surface area contributed by atoms with E-state index in [0.29, 0.717) is 0 Å². The number of carboxylic acids is 1. The first-order chi connectivity index (χ1) is 9.18. The highest BCUT2D eigenvalue weighted by Crippen LogP contribution is 2.11. The van der Waals surface area contributed by atoms with E-state index in [4.69, 9.17) is 15.9 Å². The molecule has 118 valence electrons. The predicted molar refractivity (Wildman–Crippen MR) is 67.6 cm³/mol. The fourth-order valence-electron chi connectivity index (χ4n) is 1.64. The van der Waals surface area contributed by atoms with Crippen molar-refractivity contribution in [1.82, 2.24) is 5.32 Å². The van der Waals surface area contributed by atoms with Gasteiger partial charge in [-0.2, -0.15) is 0 Å². The van der Waals surface area contributed by atoms with Gasteiger partial charge in [0.1, 0.15) is 0 Å². The Morgan fingerprint density at radius 3 is 2.00 bits per heavy atom. The maximum atomic E-state index is 11.0. The molecule has 1 amide bonds. The Bertz CT molecular complexity index is 326. The van der Waals surface area contributed by atoms with Crippen LogP contribution < -0.4 is 11.1 Å². The van der Waals surface area contributed by atoms with E-state index in [0.717, 1.165) is 0 Å². The Labute approximate surface area is 116 Å². The van der Waals surface area contributed by atoms with Crippen molar-refractivity contribution in [3.63, 3.8) is 0 Å². The Morgan fingerprint density at radius 2 is 1.60 bits per heavy atom. The van der Waals surface area contributed by atoms with Crippen LogP contribution in [0.15, 0.2) is 0 Å². The molecule has 0 aromatic heterocycles. The summed E-state index contributed by atoms with van der Waals surface area (Å²) in [6.45, 7) is 0.973. The summed E-state index contributed by atoms with van der Waals surface area (Å²) >= 11 is 0. The van der Waals surface area contributed by atoms with Crippen molar-refractivity contribution in [2.24, 2.45) is 5.73 Å². The third-order valence-electron chi connectivity index (χ3n) is 2.78. The zero-order chi connectivity index (χ0) is 15.9. The first kappa shape index (κ1) is 18.7. The second kappa shape index (κ2) is 8.82. The van der Waals surface area contributed by atoms with Crippen molar-refractivity contribution < 1.29 is 35.1 Å². The number of nitrogens with two attached hydrogens (primary N) is 1. The van der Waals surface area contributed by atoms with Gasteiger partial charge in [0.15, 0.2) is 6.10 Å². The van der Waals surface area contributed by atoms with Gasteiger partial charge in [0.25, 0.3) is 0 Å². The van der Waals surface area contributed by atoms with E-state index in [-0.39, 0.29) is 13.0 Å². The molecule has 0 aliphatic heterocycles. The molecular weight excluding hydrogens is 272 g/mol. The van der Waals surface area contributed by atoms with Crippen molar-refractivity contribution in [1.29, 1.82) is 0 Å². The zero-order valence-electron chi connectivity index (χ0n) is 11.1. The van der Waals surface area contributed by atoms with Gasteiger partial charge in [-0.05, 0) is 6.42 Å². The van der Waals surface area contributed by atoms with E-state index in [1.54, 1.807) is 0 Å². The molecule has 0 aromatic carbocycles. The largest absolute Gasteiger partial charge is 0.479 e. The summed E-state index contributed by atoms with van der Waals surface area (Å²) in [7, 11) is 0. The Balaban J connectivity index is 4.69. The number of aliphatic hydroxyl groups excluding tert-OH is 4. The molecule has 5 atom stereocenters. The monoisotopic (exact) mass is 294 g/mol. The first-order valence-corrected chi connectivity index (χ1v) is 6.11. The van der Waals surface area contributed by atoms with Crippen LogP contribution in [0, 0.1) is 0 Å². The fraction of sp³-hybridized carbons (Fsp3) is 0.818. The predicted octanol–water partition coefficient (Wildman–Crippen LogP) is -3.24. The van der Waals surface area contributed by atoms with Gasteiger partial charge in [-0.1, -0.05) is 0 Å². The number of aliphatic hydroxyl groups is 4. The molecule has 0 aromatic rings. The third-order valence-corrected chi connectivity index (χ3v) is 2.78. The molecule has 8 N–H and O–H groups in total. The lowest BCUT2D eigenvalue weighted by molar-refractivity contribution is -0.148. The molecule has 0 saturated carbocycles. The molecule has 0 spiro atoms. The number of amides is 1. The van der Waals surface area contributed by atoms with E-state index in [9.17, 15) is 24.9 Å². The second-order valence-corrected chi connectivity index (χ2v) is 4.57. The maximum absolute atomic E-state index is 11.0. The van der Waals surface area contributed by atoms with Crippen LogP contribution in [0.2, 0.25) is 0 Å². The highest BCUT2D eigenvalue weighted by molar-refractivity contribution is 5.73.